The maximum Gasteiger partial charge on any atom is 0.298 e. The van der Waals surface area contributed by atoms with Crippen LogP contribution in [0.15, 0.2) is 22.6 Å². The molecule has 1 aliphatic heterocycles. The minimum atomic E-state index is -0.421. The van der Waals surface area contributed by atoms with Crippen molar-refractivity contribution in [1.29, 1.82) is 0 Å². The van der Waals surface area contributed by atoms with Crippen molar-refractivity contribution >= 4 is 22.8 Å². The largest absolute Gasteiger partial charge is 0.423 e. The number of aryl methyl sites for hydroxylation is 2. The Bertz CT molecular complexity index is 1240. The van der Waals surface area contributed by atoms with Gasteiger partial charge in [0.05, 0.1) is 5.69 Å². The lowest BCUT2D eigenvalue weighted by Gasteiger charge is -2.34. The Kier molecular flexibility index (Phi) is 4.43. The Balaban J connectivity index is 1.50. The van der Waals surface area contributed by atoms with E-state index in [9.17, 15) is 4.39 Å². The van der Waals surface area contributed by atoms with Gasteiger partial charge in [0.1, 0.15) is 11.3 Å². The van der Waals surface area contributed by atoms with Crippen LogP contribution in [0.2, 0.25) is 0 Å². The Morgan fingerprint density at radius 3 is 2.57 bits per heavy atom. The normalized spacial score (nSPS) is 15.7. The van der Waals surface area contributed by atoms with E-state index in [0.29, 0.717) is 40.4 Å². The molecule has 0 aliphatic carbocycles. The fourth-order valence-electron chi connectivity index (χ4n) is 4.10. The lowest BCUT2D eigenvalue weighted by Crippen LogP contribution is -2.42. The van der Waals surface area contributed by atoms with Gasteiger partial charge in [-0.1, -0.05) is 0 Å². The maximum absolute atomic E-state index is 14.9. The molecule has 0 saturated carbocycles. The van der Waals surface area contributed by atoms with Gasteiger partial charge < -0.3 is 14.2 Å². The van der Waals surface area contributed by atoms with Crippen molar-refractivity contribution in [3.8, 4) is 11.3 Å². The van der Waals surface area contributed by atoms with E-state index in [4.69, 9.17) is 4.42 Å². The topological polar surface area (TPSA) is 75.6 Å². The zero-order valence-electron chi connectivity index (χ0n) is 17.6. The summed E-state index contributed by atoms with van der Waals surface area (Å²) in [6.07, 6.45) is 2.06. The van der Waals surface area contributed by atoms with E-state index in [-0.39, 0.29) is 5.52 Å². The van der Waals surface area contributed by atoms with Gasteiger partial charge in [-0.2, -0.15) is 4.98 Å². The zero-order valence-corrected chi connectivity index (χ0v) is 17.6. The standard InChI is InChI=1S/C21H24FN7O/c1-12-9-17(26-29-20(12)23-13(2)25-29)14-10-16(22)19-18(11-14)30-21(24-19)28-7-5-15(6-8-28)27(3)4/h9-11,15H,5-8H2,1-4H3. The van der Waals surface area contributed by atoms with Crippen LogP contribution < -0.4 is 4.90 Å². The SMILES string of the molecule is Cc1nc2c(C)cc(-c3cc(F)c4nc(N5CCC(N(C)C)CC5)oc4c3)nn2n1. The second-order valence-corrected chi connectivity index (χ2v) is 8.17. The summed E-state index contributed by atoms with van der Waals surface area (Å²) in [7, 11) is 4.20. The molecular formula is C21H24FN7O. The average Bonchev–Trinajstić information content (AvgIpc) is 3.31. The highest BCUT2D eigenvalue weighted by molar-refractivity contribution is 5.81. The van der Waals surface area contributed by atoms with E-state index in [0.717, 1.165) is 31.5 Å². The van der Waals surface area contributed by atoms with Crippen LogP contribution in [0.3, 0.4) is 0 Å². The van der Waals surface area contributed by atoms with Gasteiger partial charge in [-0.3, -0.25) is 0 Å². The van der Waals surface area contributed by atoms with E-state index in [1.54, 1.807) is 6.07 Å². The molecule has 0 amide bonds. The van der Waals surface area contributed by atoms with Crippen molar-refractivity contribution in [3.05, 3.63) is 35.4 Å². The first-order valence-electron chi connectivity index (χ1n) is 10.1. The Morgan fingerprint density at radius 1 is 1.07 bits per heavy atom. The van der Waals surface area contributed by atoms with Gasteiger partial charge in [0.25, 0.3) is 6.01 Å². The number of hydrogen-bond donors (Lipinski definition) is 0. The molecule has 0 atom stereocenters. The molecule has 4 aromatic rings. The molecule has 1 aromatic carbocycles. The number of benzene rings is 1. The number of oxazole rings is 1. The van der Waals surface area contributed by atoms with Crippen molar-refractivity contribution in [2.75, 3.05) is 32.1 Å². The van der Waals surface area contributed by atoms with Gasteiger partial charge >= 0.3 is 0 Å². The quantitative estimate of drug-likeness (QED) is 0.514. The Labute approximate surface area is 173 Å². The van der Waals surface area contributed by atoms with Crippen molar-refractivity contribution < 1.29 is 8.81 Å². The number of piperidine rings is 1. The first-order valence-corrected chi connectivity index (χ1v) is 10.1. The van der Waals surface area contributed by atoms with E-state index >= 15 is 0 Å². The molecule has 30 heavy (non-hydrogen) atoms. The number of hydrogen-bond acceptors (Lipinski definition) is 7. The third kappa shape index (κ3) is 3.19. The first-order chi connectivity index (χ1) is 14.4. The summed E-state index contributed by atoms with van der Waals surface area (Å²) in [5.41, 5.74) is 3.51. The summed E-state index contributed by atoms with van der Waals surface area (Å²) in [5, 5.41) is 8.78. The van der Waals surface area contributed by atoms with Crippen molar-refractivity contribution in [1.82, 2.24) is 29.7 Å². The molecule has 1 saturated heterocycles. The van der Waals surface area contributed by atoms with E-state index in [1.165, 1.54) is 10.7 Å². The number of fused-ring (bicyclic) bond motifs is 2. The number of rotatable bonds is 3. The minimum absolute atomic E-state index is 0.248. The fraction of sp³-hybridized carbons (Fsp3) is 0.429. The van der Waals surface area contributed by atoms with E-state index in [1.807, 2.05) is 19.9 Å². The van der Waals surface area contributed by atoms with Crippen molar-refractivity contribution in [2.24, 2.45) is 0 Å². The first kappa shape index (κ1) is 18.9. The predicted molar refractivity (Wildman–Crippen MR) is 112 cm³/mol. The molecule has 0 bridgehead atoms. The van der Waals surface area contributed by atoms with Gasteiger partial charge in [0.15, 0.2) is 17.0 Å². The van der Waals surface area contributed by atoms with Crippen LogP contribution in [-0.4, -0.2) is 62.9 Å². The highest BCUT2D eigenvalue weighted by Crippen LogP contribution is 2.31. The lowest BCUT2D eigenvalue weighted by atomic mass is 10.0. The van der Waals surface area contributed by atoms with E-state index in [2.05, 4.69) is 44.1 Å². The van der Waals surface area contributed by atoms with Crippen molar-refractivity contribution in [3.63, 3.8) is 0 Å². The molecule has 9 heteroatoms. The molecule has 0 spiro atoms. The van der Waals surface area contributed by atoms with Crippen LogP contribution in [0.4, 0.5) is 10.4 Å². The second-order valence-electron chi connectivity index (χ2n) is 8.17. The second kappa shape index (κ2) is 7.02. The fourth-order valence-corrected chi connectivity index (χ4v) is 4.10. The molecule has 8 nitrogen and oxygen atoms in total. The van der Waals surface area contributed by atoms with Crippen molar-refractivity contribution in [2.45, 2.75) is 32.7 Å². The highest BCUT2D eigenvalue weighted by atomic mass is 19.1. The van der Waals surface area contributed by atoms with Gasteiger partial charge in [0, 0.05) is 24.7 Å². The molecule has 1 fully saturated rings. The van der Waals surface area contributed by atoms with Gasteiger partial charge in [-0.25, -0.2) is 9.37 Å². The molecule has 0 unspecified atom stereocenters. The summed E-state index contributed by atoms with van der Waals surface area (Å²) in [6.45, 7) is 5.44. The number of anilines is 1. The average molecular weight is 409 g/mol. The monoisotopic (exact) mass is 409 g/mol. The number of aromatic nitrogens is 5. The number of halogens is 1. The number of nitrogens with zero attached hydrogens (tertiary/aromatic N) is 7. The highest BCUT2D eigenvalue weighted by Gasteiger charge is 2.25. The predicted octanol–water partition coefficient (Wildman–Crippen LogP) is 3.22. The van der Waals surface area contributed by atoms with Crippen LogP contribution in [0.25, 0.3) is 28.0 Å². The Hall–Kier alpha value is -3.07. The third-order valence-electron chi connectivity index (χ3n) is 5.80. The molecule has 4 heterocycles. The van der Waals surface area contributed by atoms with Gasteiger partial charge in [-0.05, 0) is 64.5 Å². The molecule has 0 N–H and O–H groups in total. The summed E-state index contributed by atoms with van der Waals surface area (Å²) in [6, 6.07) is 6.15. The van der Waals surface area contributed by atoms with Crippen LogP contribution in [0.1, 0.15) is 24.2 Å². The Morgan fingerprint density at radius 2 is 1.83 bits per heavy atom. The van der Waals surface area contributed by atoms with Crippen LogP contribution >= 0.6 is 0 Å². The maximum atomic E-state index is 14.9. The molecule has 5 rings (SSSR count). The smallest absolute Gasteiger partial charge is 0.298 e. The molecule has 3 aromatic heterocycles. The van der Waals surface area contributed by atoms with Gasteiger partial charge in [-0.15, -0.1) is 14.8 Å². The van der Waals surface area contributed by atoms with Gasteiger partial charge in [0.2, 0.25) is 0 Å². The summed E-state index contributed by atoms with van der Waals surface area (Å²) < 4.78 is 22.3. The molecule has 156 valence electrons. The van der Waals surface area contributed by atoms with Crippen LogP contribution in [0, 0.1) is 19.7 Å². The van der Waals surface area contributed by atoms with E-state index < -0.39 is 5.82 Å². The zero-order chi connectivity index (χ0) is 21.0. The molecule has 0 radical (unpaired) electrons. The van der Waals surface area contributed by atoms with Crippen LogP contribution in [0.5, 0.6) is 0 Å². The third-order valence-corrected chi connectivity index (χ3v) is 5.80. The summed E-state index contributed by atoms with van der Waals surface area (Å²) in [4.78, 5) is 13.1. The molecule has 1 aliphatic rings. The summed E-state index contributed by atoms with van der Waals surface area (Å²) >= 11 is 0. The lowest BCUT2D eigenvalue weighted by molar-refractivity contribution is 0.247. The minimum Gasteiger partial charge on any atom is -0.423 e. The molecular weight excluding hydrogens is 385 g/mol. The summed E-state index contributed by atoms with van der Waals surface area (Å²) in [5.74, 6) is 0.220. The van der Waals surface area contributed by atoms with Crippen LogP contribution in [-0.2, 0) is 0 Å².